The van der Waals surface area contributed by atoms with Gasteiger partial charge in [-0.05, 0) is 65.7 Å². The van der Waals surface area contributed by atoms with Crippen molar-refractivity contribution in [1.29, 1.82) is 0 Å². The van der Waals surface area contributed by atoms with Gasteiger partial charge in [-0.15, -0.1) is 0 Å². The van der Waals surface area contributed by atoms with Crippen LogP contribution in [0.15, 0.2) is 103 Å². The largest absolute Gasteiger partial charge is 0.457 e. The molecule has 56 heavy (non-hydrogen) atoms. The summed E-state index contributed by atoms with van der Waals surface area (Å²) < 4.78 is 42.8. The lowest BCUT2D eigenvalue weighted by Crippen LogP contribution is -2.49. The molecule has 1 unspecified atom stereocenters. The molecule has 0 saturated heterocycles. The molecule has 0 aliphatic heterocycles. The highest BCUT2D eigenvalue weighted by molar-refractivity contribution is 6.35. The van der Waals surface area contributed by atoms with Gasteiger partial charge in [0.05, 0.1) is 5.56 Å². The molecule has 1 radical (unpaired) electrons. The summed E-state index contributed by atoms with van der Waals surface area (Å²) in [6.07, 6.45) is 0. The minimum Gasteiger partial charge on any atom is -0.457 e. The third-order valence-corrected chi connectivity index (χ3v) is 9.39. The maximum atomic E-state index is 16.0. The standard InChI is InChI=1S/C40H25Cl5FO10/c41-27-11-8-23(9-12-27)18-54-38(50)40(56-22-47,39(51)55-19-24-4-3-6-28(42)16-24)30-14-15-33(46)35(37(49)53-21-26-10-13-29(43)17-32(26)45)34(30)36(48)52-20-25-5-1-2-7-31(25)44/h1-17H,18-21H2. The minimum atomic E-state index is -3.38. The molecule has 5 rings (SSSR count). The minimum absolute atomic E-state index is 0.0960. The smallest absolute Gasteiger partial charge is 0.419 e. The van der Waals surface area contributed by atoms with Gasteiger partial charge < -0.3 is 23.7 Å². The quantitative estimate of drug-likeness (QED) is 0.0570. The molecule has 0 fully saturated rings. The van der Waals surface area contributed by atoms with E-state index < -0.39 is 78.4 Å². The average Bonchev–Trinajstić information content (AvgIpc) is 3.17. The van der Waals surface area contributed by atoms with Gasteiger partial charge in [-0.25, -0.2) is 28.4 Å². The van der Waals surface area contributed by atoms with Gasteiger partial charge in [0.25, 0.3) is 0 Å². The molecule has 0 amide bonds. The van der Waals surface area contributed by atoms with Crippen molar-refractivity contribution in [3.8, 4) is 0 Å². The molecule has 0 aromatic heterocycles. The zero-order chi connectivity index (χ0) is 40.4. The van der Waals surface area contributed by atoms with E-state index >= 15 is 4.39 Å². The Morgan fingerprint density at radius 3 is 1.77 bits per heavy atom. The van der Waals surface area contributed by atoms with Crippen molar-refractivity contribution >= 4 is 88.4 Å². The Hall–Kier alpha value is -5.17. The zero-order valence-corrected chi connectivity index (χ0v) is 32.3. The van der Waals surface area contributed by atoms with Crippen molar-refractivity contribution in [3.05, 3.63) is 173 Å². The van der Waals surface area contributed by atoms with Crippen LogP contribution in [0.5, 0.6) is 0 Å². The Bertz CT molecular complexity index is 2290. The van der Waals surface area contributed by atoms with Crippen LogP contribution in [0.3, 0.4) is 0 Å². The van der Waals surface area contributed by atoms with Gasteiger partial charge >= 0.3 is 36.0 Å². The lowest BCUT2D eigenvalue weighted by atomic mass is 9.86. The third kappa shape index (κ3) is 9.97. The number of ether oxygens (including phenoxy) is 5. The normalized spacial score (nSPS) is 11.8. The maximum absolute atomic E-state index is 16.0. The molecule has 0 heterocycles. The Labute approximate surface area is 343 Å². The summed E-state index contributed by atoms with van der Waals surface area (Å²) in [6.45, 7) is -1.15. The second kappa shape index (κ2) is 19.1. The van der Waals surface area contributed by atoms with Gasteiger partial charge in [0.15, 0.2) is 0 Å². The van der Waals surface area contributed by atoms with Gasteiger partial charge in [-0.2, -0.15) is 0 Å². The van der Waals surface area contributed by atoms with Gasteiger partial charge in [-0.1, -0.05) is 107 Å². The van der Waals surface area contributed by atoms with E-state index in [4.69, 9.17) is 81.7 Å². The summed E-state index contributed by atoms with van der Waals surface area (Å²) in [4.78, 5) is 68.6. The van der Waals surface area contributed by atoms with Crippen molar-refractivity contribution < 1.29 is 52.0 Å². The van der Waals surface area contributed by atoms with Gasteiger partial charge in [0, 0.05) is 41.8 Å². The molecule has 287 valence electrons. The van der Waals surface area contributed by atoms with Crippen LogP contribution in [0.2, 0.25) is 25.1 Å². The fourth-order valence-corrected chi connectivity index (χ4v) is 6.17. The molecule has 10 nitrogen and oxygen atoms in total. The lowest BCUT2D eigenvalue weighted by molar-refractivity contribution is -0.185. The van der Waals surface area contributed by atoms with E-state index in [2.05, 4.69) is 0 Å². The molecule has 0 aliphatic carbocycles. The molecule has 5 aromatic carbocycles. The van der Waals surface area contributed by atoms with Gasteiger partial charge in [0.1, 0.15) is 37.8 Å². The number of hydrogen-bond donors (Lipinski definition) is 0. The first-order valence-electron chi connectivity index (χ1n) is 16.1. The monoisotopic (exact) mass is 859 g/mol. The lowest BCUT2D eigenvalue weighted by Gasteiger charge is -2.29. The molecular weight excluding hydrogens is 837 g/mol. The highest BCUT2D eigenvalue weighted by Gasteiger charge is 2.57. The van der Waals surface area contributed by atoms with E-state index in [1.807, 2.05) is 0 Å². The SMILES string of the molecule is O=[C]OC(C(=O)OCc1ccc(Cl)cc1)(C(=O)OCc1cccc(Cl)c1)c1ccc(F)c(C(=O)OCc2ccc(Cl)cc2Cl)c1C(=O)OCc1ccccc1Cl. The van der Waals surface area contributed by atoms with Crippen LogP contribution in [-0.4, -0.2) is 30.3 Å². The van der Waals surface area contributed by atoms with Crippen molar-refractivity contribution in [3.63, 3.8) is 0 Å². The molecule has 0 spiro atoms. The van der Waals surface area contributed by atoms with Crippen LogP contribution in [0.4, 0.5) is 4.39 Å². The molecule has 0 aliphatic rings. The van der Waals surface area contributed by atoms with Crippen LogP contribution < -0.4 is 0 Å². The van der Waals surface area contributed by atoms with Gasteiger partial charge in [0.2, 0.25) is 0 Å². The predicted molar refractivity (Wildman–Crippen MR) is 204 cm³/mol. The number of halogens is 6. The molecule has 0 bridgehead atoms. The van der Waals surface area contributed by atoms with E-state index in [0.717, 1.165) is 12.5 Å². The highest BCUT2D eigenvalue weighted by atomic mass is 35.5. The summed E-state index contributed by atoms with van der Waals surface area (Å²) >= 11 is 30.5. The Kier molecular flexibility index (Phi) is 14.3. The predicted octanol–water partition coefficient (Wildman–Crippen LogP) is 9.57. The third-order valence-electron chi connectivity index (χ3n) is 7.94. The van der Waals surface area contributed by atoms with E-state index in [1.54, 1.807) is 24.3 Å². The summed E-state index contributed by atoms with van der Waals surface area (Å²) in [7, 11) is 0. The van der Waals surface area contributed by atoms with E-state index in [9.17, 15) is 24.0 Å². The molecule has 5 aromatic rings. The van der Waals surface area contributed by atoms with Crippen LogP contribution in [0.25, 0.3) is 0 Å². The molecule has 0 N–H and O–H groups in total. The first kappa shape index (κ1) is 42.0. The molecule has 1 atom stereocenters. The van der Waals surface area contributed by atoms with Gasteiger partial charge in [-0.3, -0.25) is 0 Å². The summed E-state index contributed by atoms with van der Waals surface area (Å²) in [5.74, 6) is -7.60. The zero-order valence-electron chi connectivity index (χ0n) is 28.5. The Balaban J connectivity index is 1.66. The number of hydrogen-bond acceptors (Lipinski definition) is 10. The first-order chi connectivity index (χ1) is 26.8. The number of carbonyl (C=O) groups excluding carboxylic acids is 5. The second-order valence-corrected chi connectivity index (χ2v) is 13.7. The summed E-state index contributed by atoms with van der Waals surface area (Å²) in [5, 5.41) is 1.19. The molecular formula is C40H25Cl5FO10. The maximum Gasteiger partial charge on any atom is 0.419 e. The van der Waals surface area contributed by atoms with Crippen molar-refractivity contribution in [2.24, 2.45) is 0 Å². The van der Waals surface area contributed by atoms with Crippen LogP contribution in [0.1, 0.15) is 48.5 Å². The fourth-order valence-electron chi connectivity index (χ4n) is 5.18. The summed E-state index contributed by atoms with van der Waals surface area (Å²) in [5.41, 5.74) is -5.25. The number of esters is 4. The first-order valence-corrected chi connectivity index (χ1v) is 18.0. The van der Waals surface area contributed by atoms with Crippen molar-refractivity contribution in [2.45, 2.75) is 32.0 Å². The van der Waals surface area contributed by atoms with Crippen LogP contribution in [-0.2, 0) is 70.1 Å². The molecule has 0 saturated carbocycles. The van der Waals surface area contributed by atoms with Crippen LogP contribution in [0, 0.1) is 5.82 Å². The number of rotatable bonds is 15. The van der Waals surface area contributed by atoms with Crippen molar-refractivity contribution in [2.75, 3.05) is 0 Å². The van der Waals surface area contributed by atoms with E-state index in [1.165, 1.54) is 66.7 Å². The molecule has 16 heteroatoms. The Morgan fingerprint density at radius 2 is 1.14 bits per heavy atom. The Morgan fingerprint density at radius 1 is 0.554 bits per heavy atom. The highest BCUT2D eigenvalue weighted by Crippen LogP contribution is 2.37. The van der Waals surface area contributed by atoms with E-state index in [0.29, 0.717) is 22.2 Å². The fraction of sp³-hybridized carbons (Fsp3) is 0.125. The number of carbonyl (C=O) groups is 4. The van der Waals surface area contributed by atoms with Crippen molar-refractivity contribution in [1.82, 2.24) is 0 Å². The van der Waals surface area contributed by atoms with Crippen LogP contribution >= 0.6 is 58.0 Å². The van der Waals surface area contributed by atoms with E-state index in [-0.39, 0.29) is 31.2 Å². The topological polar surface area (TPSA) is 132 Å². The summed E-state index contributed by atoms with van der Waals surface area (Å²) in [6, 6.07) is 24.0. The average molecular weight is 862 g/mol. The second-order valence-electron chi connectivity index (χ2n) is 11.6. The number of benzene rings is 5.